The molecular weight excluding hydrogens is 412 g/mol. The lowest BCUT2D eigenvalue weighted by molar-refractivity contribution is 0.105. The topological polar surface area (TPSA) is 169 Å². The predicted molar refractivity (Wildman–Crippen MR) is 110 cm³/mol. The van der Waals surface area contributed by atoms with Crippen LogP contribution in [0.15, 0.2) is 35.4 Å². The van der Waals surface area contributed by atoms with E-state index in [0.29, 0.717) is 18.7 Å². The average Bonchev–Trinajstić information content (AvgIpc) is 2.75. The summed E-state index contributed by atoms with van der Waals surface area (Å²) in [6.07, 6.45) is 0.878. The lowest BCUT2D eigenvalue weighted by Gasteiger charge is -2.12. The molecule has 0 fully saturated rings. The fourth-order valence-corrected chi connectivity index (χ4v) is 3.36. The minimum Gasteiger partial charge on any atom is -0.394 e. The molecule has 0 saturated carbocycles. The molecule has 1 unspecified atom stereocenters. The largest absolute Gasteiger partial charge is 0.394 e. The molecule has 1 heterocycles. The Morgan fingerprint density at radius 2 is 2.03 bits per heavy atom. The highest BCUT2D eigenvalue weighted by atomic mass is 32.2. The van der Waals surface area contributed by atoms with Crippen molar-refractivity contribution in [2.75, 3.05) is 44.0 Å². The van der Waals surface area contributed by atoms with Crippen molar-refractivity contribution < 1.29 is 23.4 Å². The zero-order valence-corrected chi connectivity index (χ0v) is 17.2. The van der Waals surface area contributed by atoms with Crippen molar-refractivity contribution in [1.29, 1.82) is 5.26 Å². The number of methoxy groups -OCH3 is 1. The van der Waals surface area contributed by atoms with Crippen molar-refractivity contribution in [3.8, 4) is 6.07 Å². The molecule has 0 amide bonds. The van der Waals surface area contributed by atoms with Crippen molar-refractivity contribution >= 4 is 27.5 Å². The maximum atomic E-state index is 12.3. The summed E-state index contributed by atoms with van der Waals surface area (Å²) >= 11 is 0. The van der Waals surface area contributed by atoms with Gasteiger partial charge < -0.3 is 25.6 Å². The van der Waals surface area contributed by atoms with Gasteiger partial charge in [0.15, 0.2) is 0 Å². The van der Waals surface area contributed by atoms with Crippen molar-refractivity contribution in [3.05, 3.63) is 36.0 Å². The fraction of sp³-hybridized carbons (Fsp3) is 0.389. The SMILES string of the molecule is COCCCNS(=O)(=O)c1ccc(Nc2ncc(C#N)c(NCC(O)CO)n2)cc1. The molecule has 2 rings (SSSR count). The summed E-state index contributed by atoms with van der Waals surface area (Å²) in [5.41, 5.74) is 0.714. The Hall–Kier alpha value is -2.82. The summed E-state index contributed by atoms with van der Waals surface area (Å²) < 4.78 is 31.9. The van der Waals surface area contributed by atoms with Gasteiger partial charge in [-0.05, 0) is 30.7 Å². The van der Waals surface area contributed by atoms with E-state index in [2.05, 4.69) is 25.3 Å². The molecule has 1 aromatic carbocycles. The Morgan fingerprint density at radius 1 is 1.30 bits per heavy atom. The Bertz CT molecular complexity index is 962. The number of aliphatic hydroxyl groups excluding tert-OH is 2. The molecule has 1 atom stereocenters. The van der Waals surface area contributed by atoms with E-state index in [1.807, 2.05) is 6.07 Å². The van der Waals surface area contributed by atoms with Gasteiger partial charge in [0.05, 0.1) is 23.8 Å². The van der Waals surface area contributed by atoms with Gasteiger partial charge in [-0.25, -0.2) is 18.1 Å². The van der Waals surface area contributed by atoms with Gasteiger partial charge in [-0.15, -0.1) is 0 Å². The van der Waals surface area contributed by atoms with Crippen molar-refractivity contribution in [3.63, 3.8) is 0 Å². The Morgan fingerprint density at radius 3 is 2.67 bits per heavy atom. The summed E-state index contributed by atoms with van der Waals surface area (Å²) in [6.45, 7) is 0.314. The number of nitrogens with one attached hydrogen (secondary N) is 3. The highest BCUT2D eigenvalue weighted by molar-refractivity contribution is 7.89. The monoisotopic (exact) mass is 436 g/mol. The van der Waals surface area contributed by atoms with E-state index in [9.17, 15) is 13.5 Å². The third-order valence-corrected chi connectivity index (χ3v) is 5.34. The van der Waals surface area contributed by atoms with Crippen LogP contribution in [-0.2, 0) is 14.8 Å². The predicted octanol–water partition coefficient (Wildman–Crippen LogP) is 0.172. The van der Waals surface area contributed by atoms with Gasteiger partial charge in [-0.2, -0.15) is 10.2 Å². The first-order valence-corrected chi connectivity index (χ1v) is 10.5. The molecule has 5 N–H and O–H groups in total. The number of aliphatic hydroxyl groups is 2. The Labute approximate surface area is 174 Å². The molecule has 0 aliphatic rings. The van der Waals surface area contributed by atoms with Gasteiger partial charge in [0.25, 0.3) is 0 Å². The lowest BCUT2D eigenvalue weighted by atomic mass is 10.3. The van der Waals surface area contributed by atoms with E-state index < -0.39 is 22.7 Å². The molecule has 11 nitrogen and oxygen atoms in total. The molecule has 30 heavy (non-hydrogen) atoms. The van der Waals surface area contributed by atoms with Crippen LogP contribution in [0.1, 0.15) is 12.0 Å². The Balaban J connectivity index is 2.07. The molecule has 0 spiro atoms. The second kappa shape index (κ2) is 11.4. The second-order valence-corrected chi connectivity index (χ2v) is 7.95. The number of hydrogen-bond acceptors (Lipinski definition) is 10. The van der Waals surface area contributed by atoms with E-state index in [1.54, 1.807) is 19.2 Å². The second-order valence-electron chi connectivity index (χ2n) is 6.18. The number of rotatable bonds is 12. The number of aromatic nitrogens is 2. The zero-order valence-electron chi connectivity index (χ0n) is 16.4. The summed E-state index contributed by atoms with van der Waals surface area (Å²) in [5.74, 6) is 0.366. The smallest absolute Gasteiger partial charge is 0.240 e. The third-order valence-electron chi connectivity index (χ3n) is 3.86. The summed E-state index contributed by atoms with van der Waals surface area (Å²) in [4.78, 5) is 8.34. The lowest BCUT2D eigenvalue weighted by Crippen LogP contribution is -2.25. The molecule has 0 aliphatic carbocycles. The summed E-state index contributed by atoms with van der Waals surface area (Å²) in [6, 6.07) is 7.95. The van der Waals surface area contributed by atoms with Crippen LogP contribution in [0.25, 0.3) is 0 Å². The quantitative estimate of drug-likeness (QED) is 0.289. The maximum absolute atomic E-state index is 12.3. The van der Waals surface area contributed by atoms with Crippen LogP contribution in [0.5, 0.6) is 0 Å². The van der Waals surface area contributed by atoms with Gasteiger partial charge in [-0.3, -0.25) is 0 Å². The number of benzene rings is 1. The number of hydrogen-bond donors (Lipinski definition) is 5. The first-order chi connectivity index (χ1) is 14.4. The summed E-state index contributed by atoms with van der Waals surface area (Å²) in [7, 11) is -2.07. The Kier molecular flexibility index (Phi) is 8.90. The van der Waals surface area contributed by atoms with Gasteiger partial charge in [0.1, 0.15) is 17.5 Å². The molecule has 0 bridgehead atoms. The molecule has 2 aromatic rings. The number of sulfonamides is 1. The molecule has 1 aromatic heterocycles. The van der Waals surface area contributed by atoms with Crippen LogP contribution >= 0.6 is 0 Å². The maximum Gasteiger partial charge on any atom is 0.240 e. The van der Waals surface area contributed by atoms with Crippen LogP contribution in [0.3, 0.4) is 0 Å². The van der Waals surface area contributed by atoms with Crippen LogP contribution < -0.4 is 15.4 Å². The molecule has 0 aliphatic heterocycles. The third kappa shape index (κ3) is 6.90. The molecular formula is C18H24N6O5S. The van der Waals surface area contributed by atoms with Gasteiger partial charge in [-0.1, -0.05) is 0 Å². The van der Waals surface area contributed by atoms with Crippen molar-refractivity contribution in [1.82, 2.24) is 14.7 Å². The zero-order chi connectivity index (χ0) is 22.0. The van der Waals surface area contributed by atoms with E-state index in [-0.39, 0.29) is 35.3 Å². The van der Waals surface area contributed by atoms with E-state index in [4.69, 9.17) is 15.1 Å². The number of anilines is 3. The fourth-order valence-electron chi connectivity index (χ4n) is 2.29. The van der Waals surface area contributed by atoms with Gasteiger partial charge in [0.2, 0.25) is 16.0 Å². The van der Waals surface area contributed by atoms with Gasteiger partial charge in [0, 0.05) is 32.5 Å². The molecule has 0 saturated heterocycles. The minimum atomic E-state index is -3.62. The number of nitrogens with zero attached hydrogens (tertiary/aromatic N) is 3. The minimum absolute atomic E-state index is 0.00553. The van der Waals surface area contributed by atoms with Crippen LogP contribution in [0.4, 0.5) is 17.5 Å². The highest BCUT2D eigenvalue weighted by Crippen LogP contribution is 2.19. The summed E-state index contributed by atoms with van der Waals surface area (Å²) in [5, 5.41) is 33.2. The van der Waals surface area contributed by atoms with E-state index in [0.717, 1.165) is 0 Å². The molecule has 12 heteroatoms. The number of nitriles is 1. The van der Waals surface area contributed by atoms with Crippen molar-refractivity contribution in [2.24, 2.45) is 0 Å². The van der Waals surface area contributed by atoms with Crippen LogP contribution in [0, 0.1) is 11.3 Å². The standard InChI is InChI=1S/C18H24N6O5S/c1-29-8-2-7-22-30(27,28)16-5-3-14(4-6-16)23-18-21-10-13(9-19)17(24-18)20-11-15(26)12-25/h3-6,10,15,22,25-26H,2,7-8,11-12H2,1H3,(H2,20,21,23,24). The first kappa shape index (κ1) is 23.5. The van der Waals surface area contributed by atoms with E-state index >= 15 is 0 Å². The van der Waals surface area contributed by atoms with Crippen LogP contribution in [-0.4, -0.2) is 68.1 Å². The van der Waals surface area contributed by atoms with Crippen LogP contribution in [0.2, 0.25) is 0 Å². The van der Waals surface area contributed by atoms with E-state index in [1.165, 1.54) is 18.3 Å². The normalized spacial score (nSPS) is 12.2. The average molecular weight is 436 g/mol. The molecule has 0 radical (unpaired) electrons. The molecule has 162 valence electrons. The van der Waals surface area contributed by atoms with Gasteiger partial charge >= 0.3 is 0 Å². The first-order valence-electron chi connectivity index (χ1n) is 9.05. The highest BCUT2D eigenvalue weighted by Gasteiger charge is 2.14. The number of ether oxygens (including phenoxy) is 1. The van der Waals surface area contributed by atoms with Crippen molar-refractivity contribution in [2.45, 2.75) is 17.4 Å².